The van der Waals surface area contributed by atoms with Gasteiger partial charge in [0.1, 0.15) is 0 Å². The maximum atomic E-state index is 4.68. The van der Waals surface area contributed by atoms with Crippen LogP contribution in [0.2, 0.25) is 0 Å². The molecule has 1 heterocycles. The van der Waals surface area contributed by atoms with E-state index in [4.69, 9.17) is 0 Å². The zero-order valence-corrected chi connectivity index (χ0v) is 12.2. The maximum Gasteiger partial charge on any atom is 0.0936 e. The molecule has 0 aliphatic rings. The average molecular weight is 256 g/mol. The summed E-state index contributed by atoms with van der Waals surface area (Å²) < 4.78 is 0. The van der Waals surface area contributed by atoms with E-state index in [1.165, 1.54) is 30.3 Å². The molecular weight excluding hydrogens is 232 g/mol. The lowest BCUT2D eigenvalue weighted by Gasteiger charge is -2.19. The highest BCUT2D eigenvalue weighted by molar-refractivity contribution is 5.90. The zero-order chi connectivity index (χ0) is 13.7. The van der Waals surface area contributed by atoms with Gasteiger partial charge in [-0.25, -0.2) is 0 Å². The van der Waals surface area contributed by atoms with Crippen LogP contribution < -0.4 is 5.32 Å². The number of aryl methyl sites for hydroxylation is 1. The minimum atomic E-state index is 0.549. The molecule has 1 atom stereocenters. The van der Waals surface area contributed by atoms with Gasteiger partial charge in [-0.2, -0.15) is 0 Å². The Morgan fingerprint density at radius 2 is 2.00 bits per heavy atom. The van der Waals surface area contributed by atoms with E-state index in [0.717, 1.165) is 17.6 Å². The number of hydrogen-bond donors (Lipinski definition) is 1. The second kappa shape index (κ2) is 6.55. The summed E-state index contributed by atoms with van der Waals surface area (Å²) in [6, 6.07) is 11.1. The van der Waals surface area contributed by atoms with Gasteiger partial charge in [0.15, 0.2) is 0 Å². The molecule has 0 aliphatic carbocycles. The van der Waals surface area contributed by atoms with Gasteiger partial charge in [0.2, 0.25) is 0 Å². The van der Waals surface area contributed by atoms with Crippen molar-refractivity contribution >= 4 is 16.6 Å². The Morgan fingerprint density at radius 1 is 1.16 bits per heavy atom. The van der Waals surface area contributed by atoms with E-state index < -0.39 is 0 Å². The zero-order valence-electron chi connectivity index (χ0n) is 12.2. The van der Waals surface area contributed by atoms with Crippen LogP contribution in [0.25, 0.3) is 10.9 Å². The van der Waals surface area contributed by atoms with Crippen molar-refractivity contribution in [3.8, 4) is 0 Å². The van der Waals surface area contributed by atoms with Crippen molar-refractivity contribution in [3.05, 3.63) is 36.0 Å². The number of anilines is 1. The number of para-hydroxylation sites is 1. The Labute approximate surface area is 116 Å². The second-order valence-electron chi connectivity index (χ2n) is 5.22. The van der Waals surface area contributed by atoms with Crippen molar-refractivity contribution < 1.29 is 0 Å². The van der Waals surface area contributed by atoms with Crippen molar-refractivity contribution in [1.29, 1.82) is 0 Å². The van der Waals surface area contributed by atoms with Crippen molar-refractivity contribution in [2.45, 2.75) is 52.5 Å². The fourth-order valence-corrected chi connectivity index (χ4v) is 2.41. The number of hydrogen-bond acceptors (Lipinski definition) is 2. The highest BCUT2D eigenvalue weighted by Gasteiger charge is 2.08. The monoisotopic (exact) mass is 256 g/mol. The predicted octanol–water partition coefficient (Wildman–Crippen LogP) is 4.92. The van der Waals surface area contributed by atoms with E-state index in [1.807, 2.05) is 6.92 Å². The average Bonchev–Trinajstić information content (AvgIpc) is 2.43. The highest BCUT2D eigenvalue weighted by Crippen LogP contribution is 2.23. The van der Waals surface area contributed by atoms with Gasteiger partial charge in [-0.1, -0.05) is 44.9 Å². The summed E-state index contributed by atoms with van der Waals surface area (Å²) in [5.41, 5.74) is 3.34. The molecule has 2 rings (SSSR count). The number of pyridine rings is 1. The van der Waals surface area contributed by atoms with Crippen molar-refractivity contribution in [3.63, 3.8) is 0 Å². The van der Waals surface area contributed by atoms with Gasteiger partial charge in [-0.05, 0) is 31.9 Å². The third-order valence-electron chi connectivity index (χ3n) is 3.62. The Balaban J connectivity index is 2.26. The smallest absolute Gasteiger partial charge is 0.0936 e. The molecular formula is C17H24N2. The van der Waals surface area contributed by atoms with E-state index in [2.05, 4.69) is 54.5 Å². The van der Waals surface area contributed by atoms with Crippen molar-refractivity contribution in [1.82, 2.24) is 4.98 Å². The number of aromatic nitrogens is 1. The summed E-state index contributed by atoms with van der Waals surface area (Å²) in [6.45, 7) is 6.54. The van der Waals surface area contributed by atoms with Gasteiger partial charge in [0, 0.05) is 17.1 Å². The van der Waals surface area contributed by atoms with Crippen LogP contribution >= 0.6 is 0 Å². The molecule has 102 valence electrons. The molecule has 0 radical (unpaired) electrons. The molecule has 2 aromatic rings. The molecule has 0 spiro atoms. The summed E-state index contributed by atoms with van der Waals surface area (Å²) in [4.78, 5) is 4.68. The normalized spacial score (nSPS) is 12.6. The minimum absolute atomic E-state index is 0.549. The molecule has 2 heteroatoms. The van der Waals surface area contributed by atoms with E-state index in [-0.39, 0.29) is 0 Å². The number of nitrogens with one attached hydrogen (secondary N) is 1. The summed E-state index contributed by atoms with van der Waals surface area (Å²) in [7, 11) is 0. The van der Waals surface area contributed by atoms with Gasteiger partial charge in [-0.3, -0.25) is 4.98 Å². The lowest BCUT2D eigenvalue weighted by molar-refractivity contribution is 0.594. The highest BCUT2D eigenvalue weighted by atomic mass is 14.9. The van der Waals surface area contributed by atoms with Gasteiger partial charge >= 0.3 is 0 Å². The molecule has 0 amide bonds. The van der Waals surface area contributed by atoms with Crippen LogP contribution in [0.15, 0.2) is 30.3 Å². The minimum Gasteiger partial charge on any atom is -0.381 e. The van der Waals surface area contributed by atoms with Crippen LogP contribution in [0.1, 0.15) is 45.2 Å². The molecule has 0 aliphatic heterocycles. The lowest BCUT2D eigenvalue weighted by Crippen LogP contribution is -2.18. The summed E-state index contributed by atoms with van der Waals surface area (Å²) in [5, 5.41) is 4.88. The van der Waals surface area contributed by atoms with Gasteiger partial charge in [-0.15, -0.1) is 0 Å². The molecule has 1 aromatic heterocycles. The number of rotatable bonds is 6. The third kappa shape index (κ3) is 3.46. The molecule has 2 nitrogen and oxygen atoms in total. The first-order valence-corrected chi connectivity index (χ1v) is 7.37. The summed E-state index contributed by atoms with van der Waals surface area (Å²) in [5.74, 6) is 0. The van der Waals surface area contributed by atoms with E-state index >= 15 is 0 Å². The Bertz CT molecular complexity index is 534. The van der Waals surface area contributed by atoms with Crippen LogP contribution in [0.4, 0.5) is 5.69 Å². The Hall–Kier alpha value is -1.57. The first kappa shape index (κ1) is 13.9. The van der Waals surface area contributed by atoms with Crippen LogP contribution in [0.3, 0.4) is 0 Å². The predicted molar refractivity (Wildman–Crippen MR) is 83.7 cm³/mol. The molecule has 0 bridgehead atoms. The van der Waals surface area contributed by atoms with Crippen LogP contribution in [0.5, 0.6) is 0 Å². The number of nitrogens with zero attached hydrogens (tertiary/aromatic N) is 1. The quantitative estimate of drug-likeness (QED) is 0.793. The Kier molecular flexibility index (Phi) is 4.78. The summed E-state index contributed by atoms with van der Waals surface area (Å²) >= 11 is 0. The lowest BCUT2D eigenvalue weighted by atomic mass is 10.1. The molecule has 19 heavy (non-hydrogen) atoms. The largest absolute Gasteiger partial charge is 0.381 e. The number of benzene rings is 1. The van der Waals surface area contributed by atoms with Crippen LogP contribution in [-0.2, 0) is 0 Å². The molecule has 1 aromatic carbocycles. The first-order valence-electron chi connectivity index (χ1n) is 7.37. The summed E-state index contributed by atoms with van der Waals surface area (Å²) in [6.07, 6.45) is 4.92. The van der Waals surface area contributed by atoms with Gasteiger partial charge in [0.25, 0.3) is 0 Å². The Morgan fingerprint density at radius 3 is 2.74 bits per heavy atom. The third-order valence-corrected chi connectivity index (χ3v) is 3.62. The van der Waals surface area contributed by atoms with E-state index in [0.29, 0.717) is 6.04 Å². The SMILES string of the molecule is CCCCC(CC)Nc1cccc2ccc(C)nc12. The number of unbranched alkanes of at least 4 members (excludes halogenated alkanes) is 1. The molecule has 1 unspecified atom stereocenters. The molecule has 0 saturated heterocycles. The van der Waals surface area contributed by atoms with E-state index in [1.54, 1.807) is 0 Å². The molecule has 0 fully saturated rings. The van der Waals surface area contributed by atoms with Crippen LogP contribution in [0, 0.1) is 6.92 Å². The van der Waals surface area contributed by atoms with Gasteiger partial charge < -0.3 is 5.32 Å². The van der Waals surface area contributed by atoms with Crippen LogP contribution in [-0.4, -0.2) is 11.0 Å². The molecule has 1 N–H and O–H groups in total. The second-order valence-corrected chi connectivity index (χ2v) is 5.22. The van der Waals surface area contributed by atoms with Crippen molar-refractivity contribution in [2.24, 2.45) is 0 Å². The van der Waals surface area contributed by atoms with Crippen molar-refractivity contribution in [2.75, 3.05) is 5.32 Å². The fourth-order valence-electron chi connectivity index (χ4n) is 2.41. The maximum absolute atomic E-state index is 4.68. The fraction of sp³-hybridized carbons (Fsp3) is 0.471. The topological polar surface area (TPSA) is 24.9 Å². The standard InChI is InChI=1S/C17H24N2/c1-4-6-9-15(5-2)19-16-10-7-8-14-12-11-13(3)18-17(14)16/h7-8,10-12,15,19H,4-6,9H2,1-3H3. The van der Waals surface area contributed by atoms with E-state index in [9.17, 15) is 0 Å². The molecule has 0 saturated carbocycles. The van der Waals surface area contributed by atoms with Gasteiger partial charge in [0.05, 0.1) is 11.2 Å². The number of fused-ring (bicyclic) bond motifs is 1. The first-order chi connectivity index (χ1) is 9.24.